The summed E-state index contributed by atoms with van der Waals surface area (Å²) in [5, 5.41) is 5.96. The van der Waals surface area contributed by atoms with Gasteiger partial charge < -0.3 is 24.2 Å². The number of hydrogen-bond acceptors (Lipinski definition) is 7. The van der Waals surface area contributed by atoms with Gasteiger partial charge in [0.2, 0.25) is 0 Å². The maximum absolute atomic E-state index is 12.4. The molecule has 0 radical (unpaired) electrons. The summed E-state index contributed by atoms with van der Waals surface area (Å²) < 4.78 is 16.0. The molecule has 204 valence electrons. The number of methoxy groups -OCH3 is 1. The van der Waals surface area contributed by atoms with Crippen LogP contribution in [0, 0.1) is 0 Å². The van der Waals surface area contributed by atoms with Gasteiger partial charge in [-0.05, 0) is 74.9 Å². The van der Waals surface area contributed by atoms with Crippen LogP contribution in [0.2, 0.25) is 5.02 Å². The van der Waals surface area contributed by atoms with Crippen molar-refractivity contribution in [3.63, 3.8) is 0 Å². The molecule has 0 saturated heterocycles. The Bertz CT molecular complexity index is 1710. The van der Waals surface area contributed by atoms with E-state index in [0.29, 0.717) is 44.7 Å². The van der Waals surface area contributed by atoms with Crippen LogP contribution in [0.4, 0.5) is 16.2 Å². The molecule has 5 rings (SSSR count). The lowest BCUT2D eigenvalue weighted by molar-refractivity contribution is 0.0635. The summed E-state index contributed by atoms with van der Waals surface area (Å²) in [5.74, 6) is 0.779. The van der Waals surface area contributed by atoms with Crippen LogP contribution in [0.3, 0.4) is 0 Å². The SMILES string of the molecule is COc1cc(-c2cnc3nc(-c4cc(NC(=O)c5ccco5)ccc4Cl)[nH]c3c2)ccc1NC(=O)OC(C)(C)C. The van der Waals surface area contributed by atoms with Crippen LogP contribution in [0.25, 0.3) is 33.7 Å². The first-order valence-corrected chi connectivity index (χ1v) is 12.7. The van der Waals surface area contributed by atoms with E-state index in [0.717, 1.165) is 11.1 Å². The molecule has 3 aromatic heterocycles. The van der Waals surface area contributed by atoms with Gasteiger partial charge in [0.25, 0.3) is 5.91 Å². The number of rotatable bonds is 6. The number of fused-ring (bicyclic) bond motifs is 1. The zero-order chi connectivity index (χ0) is 28.4. The number of nitrogens with one attached hydrogen (secondary N) is 3. The second-order valence-corrected chi connectivity index (χ2v) is 10.3. The van der Waals surface area contributed by atoms with Crippen molar-refractivity contribution in [2.45, 2.75) is 26.4 Å². The third kappa shape index (κ3) is 5.92. The van der Waals surface area contributed by atoms with Gasteiger partial charge in [-0.25, -0.2) is 14.8 Å². The highest BCUT2D eigenvalue weighted by Crippen LogP contribution is 2.34. The van der Waals surface area contributed by atoms with Crippen molar-refractivity contribution in [1.29, 1.82) is 0 Å². The minimum absolute atomic E-state index is 0.197. The van der Waals surface area contributed by atoms with Crippen LogP contribution >= 0.6 is 11.6 Å². The van der Waals surface area contributed by atoms with E-state index < -0.39 is 11.7 Å². The Morgan fingerprint density at radius 1 is 1.02 bits per heavy atom. The monoisotopic (exact) mass is 559 g/mol. The molecule has 0 unspecified atom stereocenters. The van der Waals surface area contributed by atoms with Crippen LogP contribution in [0.1, 0.15) is 31.3 Å². The number of ether oxygens (including phenoxy) is 2. The number of benzene rings is 2. The lowest BCUT2D eigenvalue weighted by atomic mass is 10.1. The maximum Gasteiger partial charge on any atom is 0.412 e. The number of carbonyl (C=O) groups excluding carboxylic acids is 2. The lowest BCUT2D eigenvalue weighted by Gasteiger charge is -2.20. The highest BCUT2D eigenvalue weighted by atomic mass is 35.5. The van der Waals surface area contributed by atoms with Gasteiger partial charge in [-0.2, -0.15) is 0 Å². The number of aromatic nitrogens is 3. The molecule has 40 heavy (non-hydrogen) atoms. The van der Waals surface area contributed by atoms with Gasteiger partial charge >= 0.3 is 6.09 Å². The number of carbonyl (C=O) groups is 2. The summed E-state index contributed by atoms with van der Waals surface area (Å²) in [7, 11) is 1.52. The minimum Gasteiger partial charge on any atom is -0.495 e. The first kappa shape index (κ1) is 26.8. The van der Waals surface area contributed by atoms with Crippen molar-refractivity contribution >= 4 is 46.1 Å². The largest absolute Gasteiger partial charge is 0.495 e. The number of hydrogen-bond donors (Lipinski definition) is 3. The standard InChI is InChI=1S/C29H26ClN5O5/c1-29(2,3)40-28(37)34-21-10-7-16(13-24(21)38-4)17-12-22-26(31-15-17)35-25(33-22)19-14-18(8-9-20(19)30)32-27(36)23-6-5-11-39-23/h5-15H,1-4H3,(H,32,36)(H,34,37)(H,31,33,35). The van der Waals surface area contributed by atoms with E-state index in [-0.39, 0.29) is 11.7 Å². The summed E-state index contributed by atoms with van der Waals surface area (Å²) in [5.41, 5.74) is 3.78. The van der Waals surface area contributed by atoms with Crippen LogP contribution in [-0.4, -0.2) is 39.7 Å². The predicted molar refractivity (Wildman–Crippen MR) is 153 cm³/mol. The number of imidazole rings is 1. The molecule has 0 bridgehead atoms. The van der Waals surface area contributed by atoms with Crippen molar-refractivity contribution in [2.24, 2.45) is 0 Å². The number of H-pyrrole nitrogens is 1. The van der Waals surface area contributed by atoms with Crippen LogP contribution in [-0.2, 0) is 4.74 Å². The average Bonchev–Trinajstić information content (AvgIpc) is 3.59. The third-order valence-corrected chi connectivity index (χ3v) is 6.06. The third-order valence-electron chi connectivity index (χ3n) is 5.73. The second kappa shape index (κ2) is 10.7. The second-order valence-electron chi connectivity index (χ2n) is 9.85. The fraction of sp³-hybridized carbons (Fsp3) is 0.172. The fourth-order valence-corrected chi connectivity index (χ4v) is 4.17. The van der Waals surface area contributed by atoms with E-state index in [1.54, 1.807) is 69.4 Å². The Labute approximate surface area is 234 Å². The number of aromatic amines is 1. The van der Waals surface area contributed by atoms with E-state index in [2.05, 4.69) is 25.6 Å². The number of amides is 2. The number of nitrogens with zero attached hydrogens (tertiary/aromatic N) is 2. The van der Waals surface area contributed by atoms with Gasteiger partial charge in [0.05, 0.1) is 29.6 Å². The van der Waals surface area contributed by atoms with Crippen LogP contribution in [0.5, 0.6) is 5.75 Å². The number of furan rings is 1. The zero-order valence-corrected chi connectivity index (χ0v) is 22.9. The van der Waals surface area contributed by atoms with Gasteiger partial charge in [-0.15, -0.1) is 0 Å². The van der Waals surface area contributed by atoms with E-state index in [1.165, 1.54) is 13.4 Å². The lowest BCUT2D eigenvalue weighted by Crippen LogP contribution is -2.27. The molecular formula is C29H26ClN5O5. The van der Waals surface area contributed by atoms with E-state index in [4.69, 9.17) is 25.5 Å². The molecule has 0 spiro atoms. The molecule has 0 saturated carbocycles. The Morgan fingerprint density at radius 3 is 2.58 bits per heavy atom. The molecule has 0 atom stereocenters. The van der Waals surface area contributed by atoms with Gasteiger partial charge in [0, 0.05) is 23.0 Å². The first-order valence-electron chi connectivity index (χ1n) is 12.3. The minimum atomic E-state index is -0.624. The topological polar surface area (TPSA) is 131 Å². The fourth-order valence-electron chi connectivity index (χ4n) is 3.96. The number of anilines is 2. The molecular weight excluding hydrogens is 534 g/mol. The molecule has 10 nitrogen and oxygen atoms in total. The summed E-state index contributed by atoms with van der Waals surface area (Å²) in [6, 6.07) is 15.6. The molecule has 0 fully saturated rings. The Hall–Kier alpha value is -4.83. The predicted octanol–water partition coefficient (Wildman–Crippen LogP) is 7.15. The smallest absolute Gasteiger partial charge is 0.412 e. The van der Waals surface area contributed by atoms with Crippen molar-refractivity contribution in [3.05, 3.63) is 77.8 Å². The van der Waals surface area contributed by atoms with Gasteiger partial charge in [-0.3, -0.25) is 10.1 Å². The van der Waals surface area contributed by atoms with E-state index in [1.807, 2.05) is 12.1 Å². The van der Waals surface area contributed by atoms with Gasteiger partial charge in [-0.1, -0.05) is 17.7 Å². The van der Waals surface area contributed by atoms with E-state index >= 15 is 0 Å². The highest BCUT2D eigenvalue weighted by molar-refractivity contribution is 6.33. The Morgan fingerprint density at radius 2 is 1.85 bits per heavy atom. The van der Waals surface area contributed by atoms with E-state index in [9.17, 15) is 9.59 Å². The number of halogens is 1. The molecule has 11 heteroatoms. The molecule has 3 heterocycles. The van der Waals surface area contributed by atoms with Crippen molar-refractivity contribution in [2.75, 3.05) is 17.7 Å². The molecule has 2 aromatic carbocycles. The van der Waals surface area contributed by atoms with Crippen molar-refractivity contribution < 1.29 is 23.5 Å². The van der Waals surface area contributed by atoms with Crippen molar-refractivity contribution in [3.8, 4) is 28.3 Å². The molecule has 0 aliphatic carbocycles. The maximum atomic E-state index is 12.4. The quantitative estimate of drug-likeness (QED) is 0.201. The summed E-state index contributed by atoms with van der Waals surface area (Å²) in [4.78, 5) is 37.0. The molecule has 2 amide bonds. The highest BCUT2D eigenvalue weighted by Gasteiger charge is 2.18. The molecule has 3 N–H and O–H groups in total. The first-order chi connectivity index (χ1) is 19.1. The molecule has 0 aliphatic rings. The summed E-state index contributed by atoms with van der Waals surface area (Å²) in [6.07, 6.45) is 2.56. The summed E-state index contributed by atoms with van der Waals surface area (Å²) in [6.45, 7) is 5.38. The number of pyridine rings is 1. The summed E-state index contributed by atoms with van der Waals surface area (Å²) >= 11 is 6.48. The molecule has 0 aliphatic heterocycles. The molecule has 5 aromatic rings. The van der Waals surface area contributed by atoms with Crippen LogP contribution < -0.4 is 15.4 Å². The van der Waals surface area contributed by atoms with Gasteiger partial charge in [0.15, 0.2) is 11.4 Å². The Kier molecular flexibility index (Phi) is 7.19. The Balaban J connectivity index is 1.40. The van der Waals surface area contributed by atoms with Gasteiger partial charge in [0.1, 0.15) is 17.2 Å². The van der Waals surface area contributed by atoms with Crippen molar-refractivity contribution in [1.82, 2.24) is 15.0 Å². The average molecular weight is 560 g/mol. The normalized spacial score (nSPS) is 11.3. The van der Waals surface area contributed by atoms with Crippen LogP contribution in [0.15, 0.2) is 71.5 Å². The zero-order valence-electron chi connectivity index (χ0n) is 22.2.